The Labute approximate surface area is 274 Å². The highest BCUT2D eigenvalue weighted by molar-refractivity contribution is 5.70. The lowest BCUT2D eigenvalue weighted by Gasteiger charge is -2.40. The molecule has 3 aliphatic rings. The van der Waals surface area contributed by atoms with Crippen LogP contribution in [0.4, 0.5) is 4.79 Å². The van der Waals surface area contributed by atoms with E-state index in [2.05, 4.69) is 14.9 Å². The van der Waals surface area contributed by atoms with E-state index in [1.165, 1.54) is 38.5 Å². The molecule has 254 valence electrons. The number of carbonyl (C=O) groups excluding carboxylic acids is 2. The summed E-state index contributed by atoms with van der Waals surface area (Å²) < 4.78 is 11.9. The van der Waals surface area contributed by atoms with Crippen LogP contribution in [0, 0.1) is 5.92 Å². The van der Waals surface area contributed by atoms with E-state index in [9.17, 15) is 19.8 Å². The largest absolute Gasteiger partial charge is 0.457 e. The molecule has 1 saturated heterocycles. The highest BCUT2D eigenvalue weighted by Gasteiger charge is 2.37. The Morgan fingerprint density at radius 1 is 1.09 bits per heavy atom. The van der Waals surface area contributed by atoms with Crippen molar-refractivity contribution in [3.05, 3.63) is 60.2 Å². The first-order valence-electron chi connectivity index (χ1n) is 17.1. The van der Waals surface area contributed by atoms with Gasteiger partial charge in [-0.3, -0.25) is 9.69 Å². The minimum Gasteiger partial charge on any atom is -0.457 e. The molecule has 1 unspecified atom stereocenters. The molecule has 6 atom stereocenters. The fourth-order valence-corrected chi connectivity index (χ4v) is 6.63. The van der Waals surface area contributed by atoms with Crippen LogP contribution in [0.25, 0.3) is 0 Å². The molecule has 0 bridgehead atoms. The van der Waals surface area contributed by atoms with Gasteiger partial charge in [-0.2, -0.15) is 0 Å². The summed E-state index contributed by atoms with van der Waals surface area (Å²) in [6.45, 7) is 10.3. The molecule has 1 saturated carbocycles. The fraction of sp³-hybridized carbons (Fsp3) is 0.667. The van der Waals surface area contributed by atoms with E-state index in [0.717, 1.165) is 18.7 Å². The Bertz CT molecular complexity index is 1200. The van der Waals surface area contributed by atoms with Gasteiger partial charge in [-0.25, -0.2) is 14.8 Å². The zero-order valence-corrected chi connectivity index (χ0v) is 28.1. The van der Waals surface area contributed by atoms with Crippen molar-refractivity contribution >= 4 is 12.1 Å². The second-order valence-electron chi connectivity index (χ2n) is 13.6. The SMILES string of the molecule is C/C(=C\C=C\C(C)c1ncccn1)[C@H]1OC(=O)C[C@@H](O)CC[C@](C)(O)[C@@H](OC(=O)N2CCN(C3CCCCCC3)CC2)/C=C\[C@@H]1C. The number of carbonyl (C=O) groups is 2. The summed E-state index contributed by atoms with van der Waals surface area (Å²) in [6, 6.07) is 2.37. The first kappa shape index (κ1) is 35.8. The smallest absolute Gasteiger partial charge is 0.410 e. The van der Waals surface area contributed by atoms with E-state index >= 15 is 0 Å². The van der Waals surface area contributed by atoms with Gasteiger partial charge in [-0.15, -0.1) is 0 Å². The van der Waals surface area contributed by atoms with Crippen molar-refractivity contribution in [2.75, 3.05) is 26.2 Å². The molecule has 10 heteroatoms. The van der Waals surface area contributed by atoms with E-state index in [1.54, 1.807) is 36.4 Å². The minimum atomic E-state index is -1.45. The second-order valence-corrected chi connectivity index (χ2v) is 13.6. The maximum absolute atomic E-state index is 13.4. The monoisotopic (exact) mass is 638 g/mol. The molecule has 1 amide bonds. The third-order valence-corrected chi connectivity index (χ3v) is 9.67. The molecule has 1 aliphatic carbocycles. The van der Waals surface area contributed by atoms with E-state index in [0.29, 0.717) is 25.0 Å². The molecule has 4 rings (SSSR count). The molecule has 1 aromatic heterocycles. The van der Waals surface area contributed by atoms with Gasteiger partial charge in [0.25, 0.3) is 0 Å². The van der Waals surface area contributed by atoms with Crippen LogP contribution < -0.4 is 0 Å². The molecule has 10 nitrogen and oxygen atoms in total. The van der Waals surface area contributed by atoms with Crippen molar-refractivity contribution in [3.8, 4) is 0 Å². The van der Waals surface area contributed by atoms with Crippen molar-refractivity contribution in [2.45, 2.75) is 121 Å². The maximum Gasteiger partial charge on any atom is 0.410 e. The first-order chi connectivity index (χ1) is 22.0. The summed E-state index contributed by atoms with van der Waals surface area (Å²) >= 11 is 0. The van der Waals surface area contributed by atoms with E-state index < -0.39 is 36.0 Å². The Morgan fingerprint density at radius 2 is 1.76 bits per heavy atom. The highest BCUT2D eigenvalue weighted by Crippen LogP contribution is 2.28. The molecule has 1 aromatic rings. The van der Waals surface area contributed by atoms with Gasteiger partial charge in [0.1, 0.15) is 17.5 Å². The number of aromatic nitrogens is 2. The quantitative estimate of drug-likeness (QED) is 0.184. The van der Waals surface area contributed by atoms with Gasteiger partial charge in [0.2, 0.25) is 0 Å². The van der Waals surface area contributed by atoms with Gasteiger partial charge in [0, 0.05) is 56.5 Å². The zero-order valence-electron chi connectivity index (χ0n) is 28.1. The summed E-state index contributed by atoms with van der Waals surface area (Å²) in [5, 5.41) is 22.1. The number of ether oxygens (including phenoxy) is 2. The Balaban J connectivity index is 1.45. The van der Waals surface area contributed by atoms with Gasteiger partial charge in [0.15, 0.2) is 6.10 Å². The first-order valence-corrected chi connectivity index (χ1v) is 17.1. The van der Waals surface area contributed by atoms with E-state index in [4.69, 9.17) is 9.47 Å². The number of hydrogen-bond acceptors (Lipinski definition) is 9. The van der Waals surface area contributed by atoms with Crippen molar-refractivity contribution < 1.29 is 29.3 Å². The van der Waals surface area contributed by atoms with Crippen LogP contribution in [0.15, 0.2) is 54.4 Å². The van der Waals surface area contributed by atoms with Gasteiger partial charge in [-0.1, -0.05) is 63.8 Å². The molecule has 46 heavy (non-hydrogen) atoms. The Hall–Kier alpha value is -3.08. The van der Waals surface area contributed by atoms with E-state index in [-0.39, 0.29) is 31.1 Å². The number of cyclic esters (lactones) is 1. The van der Waals surface area contributed by atoms with Gasteiger partial charge < -0.3 is 24.6 Å². The van der Waals surface area contributed by atoms with Gasteiger partial charge in [0.05, 0.1) is 12.5 Å². The third kappa shape index (κ3) is 10.5. The topological polar surface area (TPSA) is 125 Å². The molecule has 2 N–H and O–H groups in total. The summed E-state index contributed by atoms with van der Waals surface area (Å²) in [5.41, 5.74) is -0.641. The number of rotatable bonds is 6. The minimum absolute atomic E-state index is 0.00552. The predicted molar refractivity (Wildman–Crippen MR) is 177 cm³/mol. The average molecular weight is 639 g/mol. The van der Waals surface area contributed by atoms with Crippen molar-refractivity contribution in [2.24, 2.45) is 5.92 Å². The number of esters is 1. The Kier molecular flexibility index (Phi) is 13.4. The third-order valence-electron chi connectivity index (χ3n) is 9.67. The van der Waals surface area contributed by atoms with Gasteiger partial charge in [-0.05, 0) is 57.2 Å². The molecule has 3 heterocycles. The number of aliphatic hydroxyl groups excluding tert-OH is 1. The fourth-order valence-electron chi connectivity index (χ4n) is 6.63. The number of amides is 1. The molecular weight excluding hydrogens is 584 g/mol. The van der Waals surface area contributed by atoms with Crippen LogP contribution in [0.2, 0.25) is 0 Å². The van der Waals surface area contributed by atoms with Crippen LogP contribution in [0.1, 0.15) is 97.2 Å². The van der Waals surface area contributed by atoms with Crippen molar-refractivity contribution in [1.29, 1.82) is 0 Å². The molecule has 0 spiro atoms. The number of allylic oxidation sites excluding steroid dienone is 3. The average Bonchev–Trinajstić information content (AvgIpc) is 3.34. The molecule has 0 aromatic carbocycles. The van der Waals surface area contributed by atoms with E-state index in [1.807, 2.05) is 45.1 Å². The molecule has 2 fully saturated rings. The van der Waals surface area contributed by atoms with Crippen molar-refractivity contribution in [3.63, 3.8) is 0 Å². The lowest BCUT2D eigenvalue weighted by Crippen LogP contribution is -2.53. The molecular formula is C36H54N4O6. The van der Waals surface area contributed by atoms with Crippen LogP contribution in [0.3, 0.4) is 0 Å². The zero-order chi connectivity index (χ0) is 33.1. The lowest BCUT2D eigenvalue weighted by atomic mass is 9.88. The van der Waals surface area contributed by atoms with Gasteiger partial charge >= 0.3 is 12.1 Å². The Morgan fingerprint density at radius 3 is 2.43 bits per heavy atom. The highest BCUT2D eigenvalue weighted by atomic mass is 16.6. The summed E-state index contributed by atoms with van der Waals surface area (Å²) in [5.74, 6) is -0.109. The summed E-state index contributed by atoms with van der Waals surface area (Å²) in [7, 11) is 0. The van der Waals surface area contributed by atoms with Crippen LogP contribution in [0.5, 0.6) is 0 Å². The number of nitrogens with zero attached hydrogens (tertiary/aromatic N) is 4. The summed E-state index contributed by atoms with van der Waals surface area (Å²) in [6.07, 6.45) is 17.5. The molecule has 0 radical (unpaired) electrons. The normalized spacial score (nSPS) is 31.3. The molecule has 2 aliphatic heterocycles. The number of piperazine rings is 1. The number of hydrogen-bond donors (Lipinski definition) is 2. The lowest BCUT2D eigenvalue weighted by molar-refractivity contribution is -0.151. The van der Waals surface area contributed by atoms with Crippen LogP contribution in [-0.4, -0.2) is 98.2 Å². The summed E-state index contributed by atoms with van der Waals surface area (Å²) in [4.78, 5) is 39.1. The maximum atomic E-state index is 13.4. The predicted octanol–water partition coefficient (Wildman–Crippen LogP) is 5.33. The van der Waals surface area contributed by atoms with Crippen LogP contribution in [-0.2, 0) is 14.3 Å². The number of aliphatic hydroxyl groups is 2. The standard InChI is InChI=1S/C36H54N4O6/c1-26(11-9-12-28(3)34-37-19-10-20-38-34)33-27(2)15-16-31(36(4,44)18-17-30(41)25-32(42)46-33)45-35(43)40-23-21-39(22-24-40)29-13-7-5-6-8-14-29/h9-12,15-16,19-20,27-31,33,41,44H,5-8,13-14,17-18,21-25H2,1-4H3/b12-9+,16-15-,26-11+/t27-,28?,30-,31-,33+,36-/m0/s1. The second kappa shape index (κ2) is 17.2. The van der Waals surface area contributed by atoms with Crippen LogP contribution >= 0.6 is 0 Å². The van der Waals surface area contributed by atoms with Crippen molar-refractivity contribution in [1.82, 2.24) is 19.8 Å².